The van der Waals surface area contributed by atoms with Gasteiger partial charge in [-0.2, -0.15) is 0 Å². The summed E-state index contributed by atoms with van der Waals surface area (Å²) in [6.07, 6.45) is 5.61. The van der Waals surface area contributed by atoms with E-state index < -0.39 is 0 Å². The van der Waals surface area contributed by atoms with E-state index in [4.69, 9.17) is 4.74 Å². The third-order valence-electron chi connectivity index (χ3n) is 4.81. The van der Waals surface area contributed by atoms with Crippen molar-refractivity contribution in [1.29, 1.82) is 0 Å². The lowest BCUT2D eigenvalue weighted by atomic mass is 9.98. The topological polar surface area (TPSA) is 32.8 Å². The lowest BCUT2D eigenvalue weighted by Gasteiger charge is -2.32. The molecular formula is C22H32N2O2. The molecule has 1 aromatic rings. The molecule has 1 aliphatic rings. The summed E-state index contributed by atoms with van der Waals surface area (Å²) in [6.45, 7) is 8.16. The fourth-order valence-electron chi connectivity index (χ4n) is 3.47. The van der Waals surface area contributed by atoms with Gasteiger partial charge in [0.1, 0.15) is 0 Å². The fraction of sp³-hybridized carbons (Fsp3) is 0.591. The first-order chi connectivity index (χ1) is 12.7. The standard InChI is InChI=1S/C22H32N2O2/c1-4-6-13-23-14-7-10-20-17-19(11-12-21(20)23)18-24(15-8-16-26-3)22(25)9-5-2/h11-12,17H,4,6-8,10,13-16,18H2,1-3H3. The second-order valence-corrected chi connectivity index (χ2v) is 6.86. The quantitative estimate of drug-likeness (QED) is 0.500. The zero-order chi connectivity index (χ0) is 18.8. The van der Waals surface area contributed by atoms with Crippen molar-refractivity contribution in [2.24, 2.45) is 0 Å². The summed E-state index contributed by atoms with van der Waals surface area (Å²) < 4.78 is 5.12. The van der Waals surface area contributed by atoms with Gasteiger partial charge in [-0.15, -0.1) is 0 Å². The second-order valence-electron chi connectivity index (χ2n) is 6.86. The number of anilines is 1. The lowest BCUT2D eigenvalue weighted by molar-refractivity contribution is -0.125. The Balaban J connectivity index is 2.11. The molecule has 1 amide bonds. The Hall–Kier alpha value is -1.99. The monoisotopic (exact) mass is 356 g/mol. The second kappa shape index (κ2) is 10.9. The number of carbonyl (C=O) groups is 1. The van der Waals surface area contributed by atoms with Gasteiger partial charge < -0.3 is 14.5 Å². The van der Waals surface area contributed by atoms with Crippen LogP contribution in [0.5, 0.6) is 0 Å². The molecule has 4 heteroatoms. The lowest BCUT2D eigenvalue weighted by Crippen LogP contribution is -2.32. The Morgan fingerprint density at radius 1 is 1.35 bits per heavy atom. The summed E-state index contributed by atoms with van der Waals surface area (Å²) in [5.41, 5.74) is 3.97. The Morgan fingerprint density at radius 2 is 2.19 bits per heavy atom. The fourth-order valence-corrected chi connectivity index (χ4v) is 3.47. The zero-order valence-corrected chi connectivity index (χ0v) is 16.5. The van der Waals surface area contributed by atoms with Crippen molar-refractivity contribution < 1.29 is 9.53 Å². The molecule has 0 spiro atoms. The van der Waals surface area contributed by atoms with Crippen molar-refractivity contribution >= 4 is 11.6 Å². The minimum Gasteiger partial charge on any atom is -0.385 e. The predicted octanol–water partition coefficient (Wildman–Crippen LogP) is 3.63. The van der Waals surface area contributed by atoms with E-state index in [1.165, 1.54) is 36.1 Å². The molecule has 0 radical (unpaired) electrons. The van der Waals surface area contributed by atoms with Gasteiger partial charge in [0, 0.05) is 45.6 Å². The van der Waals surface area contributed by atoms with Gasteiger partial charge in [0.25, 0.3) is 5.91 Å². The van der Waals surface area contributed by atoms with E-state index in [1.54, 1.807) is 14.0 Å². The van der Waals surface area contributed by atoms with Crippen LogP contribution in [-0.2, 0) is 22.5 Å². The molecule has 0 N–H and O–H groups in total. The molecule has 0 fully saturated rings. The molecule has 26 heavy (non-hydrogen) atoms. The van der Waals surface area contributed by atoms with Crippen molar-refractivity contribution in [2.75, 3.05) is 38.3 Å². The Morgan fingerprint density at radius 3 is 2.92 bits per heavy atom. The number of unbranched alkanes of at least 4 members (excludes halogenated alkanes) is 1. The Labute approximate surface area is 158 Å². The van der Waals surface area contributed by atoms with Crippen molar-refractivity contribution in [2.45, 2.75) is 52.5 Å². The Bertz CT molecular complexity index is 645. The number of ether oxygens (including phenoxy) is 1. The van der Waals surface area contributed by atoms with E-state index in [0.29, 0.717) is 19.7 Å². The first kappa shape index (κ1) is 20.3. The summed E-state index contributed by atoms with van der Waals surface area (Å²) in [4.78, 5) is 16.6. The Kier molecular flexibility index (Phi) is 8.50. The number of hydrogen-bond donors (Lipinski definition) is 0. The van der Waals surface area contributed by atoms with Crippen LogP contribution < -0.4 is 4.90 Å². The predicted molar refractivity (Wildman–Crippen MR) is 107 cm³/mol. The number of hydrogen-bond acceptors (Lipinski definition) is 3. The third-order valence-corrected chi connectivity index (χ3v) is 4.81. The number of fused-ring (bicyclic) bond motifs is 1. The molecule has 0 unspecified atom stereocenters. The van der Waals surface area contributed by atoms with Gasteiger partial charge in [-0.3, -0.25) is 4.79 Å². The number of carbonyl (C=O) groups excluding carboxylic acids is 1. The highest BCUT2D eigenvalue weighted by molar-refractivity contribution is 5.93. The zero-order valence-electron chi connectivity index (χ0n) is 16.5. The molecule has 0 bridgehead atoms. The number of benzene rings is 1. The van der Waals surface area contributed by atoms with Crippen LogP contribution in [0.25, 0.3) is 0 Å². The minimum atomic E-state index is -0.106. The molecular weight excluding hydrogens is 324 g/mol. The summed E-state index contributed by atoms with van der Waals surface area (Å²) in [6, 6.07) is 6.69. The van der Waals surface area contributed by atoms with E-state index in [9.17, 15) is 4.79 Å². The SMILES string of the molecule is CC#CC(=O)N(CCCOC)Cc1ccc2c(c1)CCCN2CCCC. The van der Waals surface area contributed by atoms with Gasteiger partial charge in [0.15, 0.2) is 0 Å². The van der Waals surface area contributed by atoms with Gasteiger partial charge in [0.2, 0.25) is 0 Å². The van der Waals surface area contributed by atoms with E-state index in [1.807, 2.05) is 4.90 Å². The van der Waals surface area contributed by atoms with Crippen LogP contribution in [0.4, 0.5) is 5.69 Å². The molecule has 0 saturated heterocycles. The van der Waals surface area contributed by atoms with Crippen molar-refractivity contribution in [3.05, 3.63) is 29.3 Å². The molecule has 0 atom stereocenters. The minimum absolute atomic E-state index is 0.106. The molecule has 1 aromatic carbocycles. The van der Waals surface area contributed by atoms with Gasteiger partial charge >= 0.3 is 0 Å². The molecule has 4 nitrogen and oxygen atoms in total. The smallest absolute Gasteiger partial charge is 0.298 e. The van der Waals surface area contributed by atoms with E-state index >= 15 is 0 Å². The summed E-state index contributed by atoms with van der Waals surface area (Å²) in [7, 11) is 1.69. The number of rotatable bonds is 9. The van der Waals surface area contributed by atoms with Gasteiger partial charge in [0.05, 0.1) is 0 Å². The summed E-state index contributed by atoms with van der Waals surface area (Å²) in [5.74, 6) is 5.29. The third kappa shape index (κ3) is 5.78. The van der Waals surface area contributed by atoms with Crippen LogP contribution in [-0.4, -0.2) is 44.2 Å². The molecule has 0 saturated carbocycles. The van der Waals surface area contributed by atoms with Crippen LogP contribution in [0, 0.1) is 11.8 Å². The highest BCUT2D eigenvalue weighted by Crippen LogP contribution is 2.28. The number of amides is 1. The molecule has 0 aromatic heterocycles. The van der Waals surface area contributed by atoms with E-state index in [0.717, 1.165) is 25.9 Å². The molecule has 1 heterocycles. The maximum absolute atomic E-state index is 12.3. The largest absolute Gasteiger partial charge is 0.385 e. The first-order valence-electron chi connectivity index (χ1n) is 9.77. The average Bonchev–Trinajstić information content (AvgIpc) is 2.65. The van der Waals surface area contributed by atoms with Crippen LogP contribution in [0.3, 0.4) is 0 Å². The van der Waals surface area contributed by atoms with E-state index in [2.05, 4.69) is 41.9 Å². The summed E-state index contributed by atoms with van der Waals surface area (Å²) >= 11 is 0. The number of aryl methyl sites for hydroxylation is 1. The van der Waals surface area contributed by atoms with Crippen LogP contribution in [0.1, 0.15) is 50.7 Å². The molecule has 0 aliphatic carbocycles. The highest BCUT2D eigenvalue weighted by atomic mass is 16.5. The van der Waals surface area contributed by atoms with Crippen LogP contribution >= 0.6 is 0 Å². The van der Waals surface area contributed by atoms with Crippen molar-refractivity contribution in [1.82, 2.24) is 4.90 Å². The average molecular weight is 357 g/mol. The molecule has 142 valence electrons. The maximum atomic E-state index is 12.3. The van der Waals surface area contributed by atoms with Crippen molar-refractivity contribution in [3.63, 3.8) is 0 Å². The molecule has 2 rings (SSSR count). The van der Waals surface area contributed by atoms with Gasteiger partial charge in [-0.25, -0.2) is 0 Å². The first-order valence-corrected chi connectivity index (χ1v) is 9.77. The van der Waals surface area contributed by atoms with Crippen LogP contribution in [0.2, 0.25) is 0 Å². The molecule has 1 aliphatic heterocycles. The summed E-state index contributed by atoms with van der Waals surface area (Å²) in [5, 5.41) is 0. The van der Waals surface area contributed by atoms with E-state index in [-0.39, 0.29) is 5.91 Å². The number of nitrogens with zero attached hydrogens (tertiary/aromatic N) is 2. The highest BCUT2D eigenvalue weighted by Gasteiger charge is 2.18. The van der Waals surface area contributed by atoms with Gasteiger partial charge in [-0.05, 0) is 55.7 Å². The van der Waals surface area contributed by atoms with Gasteiger partial charge in [-0.1, -0.05) is 31.4 Å². The normalized spacial score (nSPS) is 13.0. The number of methoxy groups -OCH3 is 1. The van der Waals surface area contributed by atoms with Crippen molar-refractivity contribution in [3.8, 4) is 11.8 Å². The van der Waals surface area contributed by atoms with Crippen LogP contribution in [0.15, 0.2) is 18.2 Å². The maximum Gasteiger partial charge on any atom is 0.298 e.